The zero-order valence-corrected chi connectivity index (χ0v) is 20.1. The van der Waals surface area contributed by atoms with Crippen LogP contribution in [0.4, 0.5) is 22.0 Å². The largest absolute Gasteiger partial charge is 0.432 e. The van der Waals surface area contributed by atoms with Gasteiger partial charge in [0.2, 0.25) is 0 Å². The van der Waals surface area contributed by atoms with Crippen LogP contribution in [0, 0.1) is 23.4 Å². The molecule has 1 aromatic carbocycles. The Labute approximate surface area is 191 Å². The molecule has 0 saturated carbocycles. The Kier molecular flexibility index (Phi) is 13.2. The molecule has 0 aliphatic carbocycles. The molecule has 0 saturated heterocycles. The number of ether oxygens (including phenoxy) is 1. The van der Waals surface area contributed by atoms with Crippen LogP contribution < -0.4 is 4.74 Å². The highest BCUT2D eigenvalue weighted by molar-refractivity contribution is 14.1. The van der Waals surface area contributed by atoms with Crippen LogP contribution in [-0.4, -0.2) is 10.0 Å². The summed E-state index contributed by atoms with van der Waals surface area (Å²) in [5.41, 5.74) is 0. The third-order valence-electron chi connectivity index (χ3n) is 5.23. The second kappa shape index (κ2) is 14.5. The second-order valence-corrected chi connectivity index (χ2v) is 9.77. The lowest BCUT2D eigenvalue weighted by Gasteiger charge is -2.20. The van der Waals surface area contributed by atoms with Gasteiger partial charge in [-0.15, -0.1) is 0 Å². The van der Waals surface area contributed by atoms with Gasteiger partial charge in [0, 0.05) is 16.1 Å². The molecule has 0 fully saturated rings. The molecule has 2 unspecified atom stereocenters. The van der Waals surface area contributed by atoms with Crippen molar-refractivity contribution in [3.63, 3.8) is 0 Å². The number of alkyl halides is 3. The fourth-order valence-electron chi connectivity index (χ4n) is 3.69. The molecule has 0 radical (unpaired) electrons. The molecule has 1 rings (SSSR count). The van der Waals surface area contributed by atoms with E-state index < -0.39 is 35.7 Å². The van der Waals surface area contributed by atoms with E-state index in [1.54, 1.807) is 0 Å². The van der Waals surface area contributed by atoms with Crippen molar-refractivity contribution in [2.24, 2.45) is 5.92 Å². The van der Waals surface area contributed by atoms with Gasteiger partial charge >= 0.3 is 6.11 Å². The van der Waals surface area contributed by atoms with Crippen molar-refractivity contribution in [2.45, 2.75) is 101 Å². The summed E-state index contributed by atoms with van der Waals surface area (Å²) >= 11 is 2.52. The second-order valence-electron chi connectivity index (χ2n) is 8.01. The van der Waals surface area contributed by atoms with E-state index in [-0.39, 0.29) is 6.42 Å². The number of hydrogen-bond donors (Lipinski definition) is 0. The van der Waals surface area contributed by atoms with Crippen molar-refractivity contribution in [1.29, 1.82) is 0 Å². The molecule has 2 atom stereocenters. The molecular formula is C23H34F5IO. The molecule has 0 amide bonds. The van der Waals surface area contributed by atoms with Gasteiger partial charge in [-0.3, -0.25) is 0 Å². The molecule has 0 aliphatic heterocycles. The highest BCUT2D eigenvalue weighted by Gasteiger charge is 2.32. The summed E-state index contributed by atoms with van der Waals surface area (Å²) in [6.07, 6.45) is 7.09. The van der Waals surface area contributed by atoms with Crippen molar-refractivity contribution >= 4 is 22.6 Å². The fraction of sp³-hybridized carbons (Fsp3) is 0.739. The number of benzene rings is 1. The summed E-state index contributed by atoms with van der Waals surface area (Å²) in [4.78, 5) is 0. The van der Waals surface area contributed by atoms with Gasteiger partial charge in [-0.1, -0.05) is 87.8 Å². The number of hydrogen-bond acceptors (Lipinski definition) is 1. The monoisotopic (exact) mass is 548 g/mol. The molecule has 1 nitrogen and oxygen atoms in total. The minimum atomic E-state index is -3.55. The lowest BCUT2D eigenvalue weighted by atomic mass is 9.91. The molecule has 0 N–H and O–H groups in total. The first-order valence-electron chi connectivity index (χ1n) is 11.0. The van der Waals surface area contributed by atoms with Crippen molar-refractivity contribution < 1.29 is 26.7 Å². The number of unbranched alkanes of at least 4 members (excludes halogenated alkanes) is 2. The highest BCUT2D eigenvalue weighted by Crippen LogP contribution is 2.31. The highest BCUT2D eigenvalue weighted by atomic mass is 127. The molecule has 0 bridgehead atoms. The molecule has 0 aromatic heterocycles. The summed E-state index contributed by atoms with van der Waals surface area (Å²) in [7, 11) is 0. The summed E-state index contributed by atoms with van der Waals surface area (Å²) in [5, 5.41) is 0. The van der Waals surface area contributed by atoms with E-state index >= 15 is 0 Å². The molecule has 30 heavy (non-hydrogen) atoms. The maximum absolute atomic E-state index is 14.0. The fourth-order valence-corrected chi connectivity index (χ4v) is 4.75. The van der Waals surface area contributed by atoms with Crippen LogP contribution in [0.15, 0.2) is 12.1 Å². The third kappa shape index (κ3) is 11.1. The zero-order chi connectivity index (χ0) is 22.6. The molecule has 0 spiro atoms. The van der Waals surface area contributed by atoms with Gasteiger partial charge < -0.3 is 4.74 Å². The molecule has 1 aromatic rings. The Bertz CT molecular complexity index is 588. The van der Waals surface area contributed by atoms with E-state index in [1.165, 1.54) is 32.1 Å². The zero-order valence-electron chi connectivity index (χ0n) is 18.0. The van der Waals surface area contributed by atoms with Crippen molar-refractivity contribution in [2.75, 3.05) is 0 Å². The maximum Gasteiger partial charge on any atom is 0.397 e. The summed E-state index contributed by atoms with van der Waals surface area (Å²) in [6.45, 7) is 4.29. The topological polar surface area (TPSA) is 9.23 Å². The van der Waals surface area contributed by atoms with Gasteiger partial charge in [-0.2, -0.15) is 8.78 Å². The minimum Gasteiger partial charge on any atom is -0.432 e. The smallest absolute Gasteiger partial charge is 0.397 e. The van der Waals surface area contributed by atoms with Crippen LogP contribution >= 0.6 is 22.6 Å². The van der Waals surface area contributed by atoms with Crippen LogP contribution in [0.25, 0.3) is 0 Å². The Morgan fingerprint density at radius 3 is 2.00 bits per heavy atom. The molecule has 0 heterocycles. The van der Waals surface area contributed by atoms with Crippen LogP contribution in [0.5, 0.6) is 5.75 Å². The number of rotatable bonds is 16. The average molecular weight is 548 g/mol. The quantitative estimate of drug-likeness (QED) is 0.0658. The van der Waals surface area contributed by atoms with Gasteiger partial charge in [0.05, 0.1) is 6.42 Å². The van der Waals surface area contributed by atoms with Crippen LogP contribution in [0.1, 0.15) is 90.9 Å². The number of halogens is 6. The Morgan fingerprint density at radius 2 is 1.40 bits per heavy atom. The first kappa shape index (κ1) is 27.4. The SMILES string of the molecule is CCCC(I)CCCCCC(CCC)CCCC(F)(F)Oc1cc(F)c(F)c(F)c1. The predicted octanol–water partition coefficient (Wildman–Crippen LogP) is 9.22. The average Bonchev–Trinajstić information content (AvgIpc) is 2.65. The van der Waals surface area contributed by atoms with E-state index in [1.807, 2.05) is 0 Å². The van der Waals surface area contributed by atoms with E-state index in [0.29, 0.717) is 24.5 Å². The van der Waals surface area contributed by atoms with Gasteiger partial charge in [0.1, 0.15) is 5.75 Å². The minimum absolute atomic E-state index is 0.260. The van der Waals surface area contributed by atoms with Crippen LogP contribution in [0.3, 0.4) is 0 Å². The summed E-state index contributed by atoms with van der Waals surface area (Å²) < 4.78 is 72.5. The van der Waals surface area contributed by atoms with E-state index in [9.17, 15) is 22.0 Å². The first-order chi connectivity index (χ1) is 14.2. The molecule has 7 heteroatoms. The standard InChI is InChI=1S/C23H34F5IO/c1-3-9-17(11-6-5-7-13-18(29)10-4-2)12-8-14-23(27,28)30-19-15-20(24)22(26)21(25)16-19/h15-18H,3-14H2,1-2H3. The summed E-state index contributed by atoms with van der Waals surface area (Å²) in [5.74, 6) is -5.11. The lowest BCUT2D eigenvalue weighted by Crippen LogP contribution is -2.25. The first-order valence-corrected chi connectivity index (χ1v) is 12.3. The Hall–Kier alpha value is -0.600. The van der Waals surface area contributed by atoms with Crippen molar-refractivity contribution in [3.05, 3.63) is 29.6 Å². The van der Waals surface area contributed by atoms with Gasteiger partial charge in [-0.25, -0.2) is 13.2 Å². The Morgan fingerprint density at radius 1 is 0.833 bits per heavy atom. The van der Waals surface area contributed by atoms with Crippen LogP contribution in [0.2, 0.25) is 0 Å². The summed E-state index contributed by atoms with van der Waals surface area (Å²) in [6, 6.07) is 0.875. The van der Waals surface area contributed by atoms with Gasteiger partial charge in [0.15, 0.2) is 17.5 Å². The normalized spacial score (nSPS) is 14.0. The van der Waals surface area contributed by atoms with E-state index in [4.69, 9.17) is 0 Å². The van der Waals surface area contributed by atoms with Crippen molar-refractivity contribution in [1.82, 2.24) is 0 Å². The molecule has 0 aliphatic rings. The Balaban J connectivity index is 2.37. The van der Waals surface area contributed by atoms with Crippen molar-refractivity contribution in [3.8, 4) is 5.75 Å². The van der Waals surface area contributed by atoms with Gasteiger partial charge in [-0.05, 0) is 25.2 Å². The molecule has 174 valence electrons. The lowest BCUT2D eigenvalue weighted by molar-refractivity contribution is -0.182. The third-order valence-corrected chi connectivity index (χ3v) is 6.48. The predicted molar refractivity (Wildman–Crippen MR) is 120 cm³/mol. The van der Waals surface area contributed by atoms with Crippen LogP contribution in [-0.2, 0) is 0 Å². The van der Waals surface area contributed by atoms with E-state index in [2.05, 4.69) is 41.2 Å². The maximum atomic E-state index is 14.0. The molecular weight excluding hydrogens is 514 g/mol. The van der Waals surface area contributed by atoms with Gasteiger partial charge in [0.25, 0.3) is 0 Å². The van der Waals surface area contributed by atoms with E-state index in [0.717, 1.165) is 29.6 Å².